The smallest absolute Gasteiger partial charge is 0.265 e. The van der Waals surface area contributed by atoms with E-state index in [1.165, 1.54) is 14.2 Å². The van der Waals surface area contributed by atoms with Crippen molar-refractivity contribution in [2.24, 2.45) is 0 Å². The highest BCUT2D eigenvalue weighted by Gasteiger charge is 2.25. The Morgan fingerprint density at radius 1 is 1.19 bits per heavy atom. The summed E-state index contributed by atoms with van der Waals surface area (Å²) in [6, 6.07) is 10.3. The molecular weight excluding hydrogens is 336 g/mol. The predicted octanol–water partition coefficient (Wildman–Crippen LogP) is 2.70. The van der Waals surface area contributed by atoms with Gasteiger partial charge in [0.1, 0.15) is 22.8 Å². The number of methoxy groups -OCH3 is 2. The first-order chi connectivity index (χ1) is 12.6. The van der Waals surface area contributed by atoms with E-state index in [9.17, 15) is 9.59 Å². The first kappa shape index (κ1) is 17.6. The van der Waals surface area contributed by atoms with E-state index in [1.807, 2.05) is 6.92 Å². The van der Waals surface area contributed by atoms with Crippen LogP contribution in [0.15, 0.2) is 36.4 Å². The monoisotopic (exact) mass is 356 g/mol. The molecule has 2 amide bonds. The van der Waals surface area contributed by atoms with Crippen molar-refractivity contribution in [3.63, 3.8) is 0 Å². The molecule has 1 aliphatic heterocycles. The average Bonchev–Trinajstić information content (AvgIpc) is 2.67. The van der Waals surface area contributed by atoms with E-state index < -0.39 is 0 Å². The van der Waals surface area contributed by atoms with Gasteiger partial charge in [-0.1, -0.05) is 6.07 Å². The van der Waals surface area contributed by atoms with Gasteiger partial charge in [0.25, 0.3) is 11.8 Å². The molecule has 0 bridgehead atoms. The summed E-state index contributed by atoms with van der Waals surface area (Å²) in [6.07, 6.45) is 0. The van der Waals surface area contributed by atoms with Gasteiger partial charge in [-0.05, 0) is 31.2 Å². The lowest BCUT2D eigenvalue weighted by Gasteiger charge is -2.28. The zero-order chi connectivity index (χ0) is 18.7. The van der Waals surface area contributed by atoms with Crippen LogP contribution in [0, 0.1) is 0 Å². The number of likely N-dealkylation sites (N-methyl/N-ethyl adjacent to an activating group) is 1. The van der Waals surface area contributed by atoms with Crippen molar-refractivity contribution < 1.29 is 23.8 Å². The number of fused-ring (bicyclic) bond motifs is 1. The van der Waals surface area contributed by atoms with Crippen molar-refractivity contribution in [1.29, 1.82) is 0 Å². The zero-order valence-electron chi connectivity index (χ0n) is 14.9. The maximum atomic E-state index is 12.7. The van der Waals surface area contributed by atoms with Gasteiger partial charge in [-0.25, -0.2) is 0 Å². The van der Waals surface area contributed by atoms with Gasteiger partial charge in [0.15, 0.2) is 6.61 Å². The van der Waals surface area contributed by atoms with Crippen LogP contribution in [0.4, 0.5) is 11.4 Å². The Hall–Kier alpha value is -3.22. The lowest BCUT2D eigenvalue weighted by Crippen LogP contribution is -2.38. The van der Waals surface area contributed by atoms with Crippen LogP contribution in [0.5, 0.6) is 17.2 Å². The maximum absolute atomic E-state index is 12.7. The quantitative estimate of drug-likeness (QED) is 0.891. The average molecular weight is 356 g/mol. The lowest BCUT2D eigenvalue weighted by molar-refractivity contribution is -0.121. The van der Waals surface area contributed by atoms with Gasteiger partial charge in [0.2, 0.25) is 0 Å². The largest absolute Gasteiger partial charge is 0.496 e. The van der Waals surface area contributed by atoms with E-state index in [1.54, 1.807) is 41.3 Å². The van der Waals surface area contributed by atoms with Gasteiger partial charge in [0, 0.05) is 18.3 Å². The van der Waals surface area contributed by atoms with Crippen molar-refractivity contribution in [3.05, 3.63) is 42.0 Å². The van der Waals surface area contributed by atoms with Gasteiger partial charge in [0.05, 0.1) is 19.9 Å². The summed E-state index contributed by atoms with van der Waals surface area (Å²) in [5.74, 6) is 0.933. The van der Waals surface area contributed by atoms with Gasteiger partial charge < -0.3 is 24.4 Å². The van der Waals surface area contributed by atoms with E-state index in [0.717, 1.165) is 0 Å². The van der Waals surface area contributed by atoms with Crippen LogP contribution in [0.3, 0.4) is 0 Å². The van der Waals surface area contributed by atoms with Crippen LogP contribution in [0.2, 0.25) is 0 Å². The molecule has 0 radical (unpaired) electrons. The third kappa shape index (κ3) is 3.15. The van der Waals surface area contributed by atoms with E-state index in [4.69, 9.17) is 14.2 Å². The molecule has 136 valence electrons. The second kappa shape index (κ2) is 7.35. The molecule has 0 aromatic heterocycles. The van der Waals surface area contributed by atoms with E-state index in [0.29, 0.717) is 40.7 Å². The van der Waals surface area contributed by atoms with Gasteiger partial charge in [-0.3, -0.25) is 9.59 Å². The van der Waals surface area contributed by atoms with Crippen LogP contribution in [-0.2, 0) is 4.79 Å². The minimum absolute atomic E-state index is 0.0153. The van der Waals surface area contributed by atoms with Crippen LogP contribution < -0.4 is 24.4 Å². The fourth-order valence-electron chi connectivity index (χ4n) is 2.90. The summed E-state index contributed by atoms with van der Waals surface area (Å²) >= 11 is 0. The minimum atomic E-state index is -0.363. The Morgan fingerprint density at radius 3 is 2.50 bits per heavy atom. The Morgan fingerprint density at radius 2 is 1.88 bits per heavy atom. The van der Waals surface area contributed by atoms with Gasteiger partial charge >= 0.3 is 0 Å². The molecule has 0 saturated carbocycles. The minimum Gasteiger partial charge on any atom is -0.496 e. The van der Waals surface area contributed by atoms with Gasteiger partial charge in [-0.15, -0.1) is 0 Å². The number of benzene rings is 2. The first-order valence-corrected chi connectivity index (χ1v) is 8.18. The maximum Gasteiger partial charge on any atom is 0.265 e. The fraction of sp³-hybridized carbons (Fsp3) is 0.263. The third-order valence-electron chi connectivity index (χ3n) is 4.13. The number of hydrogen-bond acceptors (Lipinski definition) is 5. The summed E-state index contributed by atoms with van der Waals surface area (Å²) in [6.45, 7) is 2.44. The second-order valence-corrected chi connectivity index (χ2v) is 5.60. The number of carbonyl (C=O) groups excluding carboxylic acids is 2. The molecule has 1 aliphatic rings. The molecular formula is C19H20N2O5. The SMILES string of the molecule is CCN1C(=O)COc2cc(NC(=O)c3c(OC)cccc3OC)ccc21. The molecule has 2 aromatic carbocycles. The molecule has 1 heterocycles. The summed E-state index contributed by atoms with van der Waals surface area (Å²) < 4.78 is 16.0. The van der Waals surface area contributed by atoms with Crippen LogP contribution in [0.1, 0.15) is 17.3 Å². The molecule has 0 atom stereocenters. The molecule has 0 fully saturated rings. The topological polar surface area (TPSA) is 77.1 Å². The number of carbonyl (C=O) groups is 2. The Balaban J connectivity index is 1.89. The summed E-state index contributed by atoms with van der Waals surface area (Å²) in [5.41, 5.74) is 1.55. The van der Waals surface area contributed by atoms with Gasteiger partial charge in [-0.2, -0.15) is 0 Å². The number of ether oxygens (including phenoxy) is 3. The fourth-order valence-corrected chi connectivity index (χ4v) is 2.90. The Kier molecular flexibility index (Phi) is 4.97. The van der Waals surface area contributed by atoms with Crippen LogP contribution in [0.25, 0.3) is 0 Å². The first-order valence-electron chi connectivity index (χ1n) is 8.18. The molecule has 1 N–H and O–H groups in total. The molecule has 0 unspecified atom stereocenters. The standard InChI is InChI=1S/C19H20N2O5/c1-4-21-13-9-8-12(10-16(13)26-11-17(21)22)20-19(23)18-14(24-2)6-5-7-15(18)25-3/h5-10H,4,11H2,1-3H3,(H,20,23). The molecule has 26 heavy (non-hydrogen) atoms. The van der Waals surface area contributed by atoms with E-state index in [2.05, 4.69) is 5.32 Å². The summed E-state index contributed by atoms with van der Waals surface area (Å²) in [4.78, 5) is 26.3. The Labute approximate surface area is 151 Å². The van der Waals surface area contributed by atoms with Crippen molar-refractivity contribution in [2.75, 3.05) is 37.6 Å². The molecule has 0 saturated heterocycles. The highest BCUT2D eigenvalue weighted by Crippen LogP contribution is 2.35. The number of rotatable bonds is 5. The Bertz CT molecular complexity index is 828. The molecule has 7 heteroatoms. The van der Waals surface area contributed by atoms with Crippen molar-refractivity contribution in [3.8, 4) is 17.2 Å². The number of anilines is 2. The highest BCUT2D eigenvalue weighted by atomic mass is 16.5. The number of nitrogens with zero attached hydrogens (tertiary/aromatic N) is 1. The van der Waals surface area contributed by atoms with Crippen molar-refractivity contribution in [2.45, 2.75) is 6.92 Å². The number of amides is 2. The normalized spacial score (nSPS) is 12.9. The van der Waals surface area contributed by atoms with Crippen LogP contribution >= 0.6 is 0 Å². The third-order valence-corrected chi connectivity index (χ3v) is 4.13. The lowest BCUT2D eigenvalue weighted by atomic mass is 10.1. The van der Waals surface area contributed by atoms with Crippen molar-refractivity contribution >= 4 is 23.2 Å². The summed E-state index contributed by atoms with van der Waals surface area (Å²) in [7, 11) is 2.99. The molecule has 2 aromatic rings. The predicted molar refractivity (Wildman–Crippen MR) is 97.5 cm³/mol. The second-order valence-electron chi connectivity index (χ2n) is 5.60. The number of hydrogen-bond donors (Lipinski definition) is 1. The molecule has 0 aliphatic carbocycles. The summed E-state index contributed by atoms with van der Waals surface area (Å²) in [5, 5.41) is 2.82. The number of nitrogens with one attached hydrogen (secondary N) is 1. The van der Waals surface area contributed by atoms with E-state index in [-0.39, 0.29) is 18.4 Å². The molecule has 7 nitrogen and oxygen atoms in total. The molecule has 3 rings (SSSR count). The zero-order valence-corrected chi connectivity index (χ0v) is 14.9. The van der Waals surface area contributed by atoms with Crippen LogP contribution in [-0.4, -0.2) is 39.2 Å². The van der Waals surface area contributed by atoms with E-state index >= 15 is 0 Å². The van der Waals surface area contributed by atoms with Crippen molar-refractivity contribution in [1.82, 2.24) is 0 Å². The highest BCUT2D eigenvalue weighted by molar-refractivity contribution is 6.08. The molecule has 0 spiro atoms.